The topological polar surface area (TPSA) is 50.7 Å². The van der Waals surface area contributed by atoms with Crippen LogP contribution in [0.1, 0.15) is 30.5 Å². The Hall–Kier alpha value is -2.53. The number of amides is 1. The van der Waals surface area contributed by atoms with Crippen LogP contribution in [0.15, 0.2) is 52.4 Å². The number of carbonyl (C=O) groups is 1. The number of hydrogen-bond acceptors (Lipinski definition) is 4. The normalized spacial score (nSPS) is 17.0. The average molecular weight is 381 g/mol. The largest absolute Gasteiger partial charge is 0.493 e. The Morgan fingerprint density at radius 2 is 1.96 bits per heavy atom. The number of aliphatic imine (C=N–C) groups is 1. The van der Waals surface area contributed by atoms with E-state index in [4.69, 9.17) is 4.74 Å². The van der Waals surface area contributed by atoms with Crippen LogP contribution >= 0.6 is 11.8 Å². The van der Waals surface area contributed by atoms with Crippen LogP contribution in [-0.4, -0.2) is 17.7 Å². The summed E-state index contributed by atoms with van der Waals surface area (Å²) in [4.78, 5) is 17.6. The predicted molar refractivity (Wildman–Crippen MR) is 113 cm³/mol. The summed E-state index contributed by atoms with van der Waals surface area (Å²) < 4.78 is 5.88. The molecule has 1 saturated heterocycles. The Balaban J connectivity index is 1.83. The second-order valence-corrected chi connectivity index (χ2v) is 8.04. The number of ether oxygens (including phenoxy) is 1. The quantitative estimate of drug-likeness (QED) is 0.723. The minimum Gasteiger partial charge on any atom is -0.493 e. The zero-order valence-electron chi connectivity index (χ0n) is 16.1. The van der Waals surface area contributed by atoms with Crippen LogP contribution in [0.4, 0.5) is 5.69 Å². The molecule has 27 heavy (non-hydrogen) atoms. The lowest BCUT2D eigenvalue weighted by atomic mass is 10.1. The van der Waals surface area contributed by atoms with E-state index in [0.29, 0.717) is 22.6 Å². The molecule has 0 spiro atoms. The summed E-state index contributed by atoms with van der Waals surface area (Å²) in [7, 11) is 0. The molecule has 1 aliphatic rings. The lowest BCUT2D eigenvalue weighted by Crippen LogP contribution is -2.19. The van der Waals surface area contributed by atoms with E-state index >= 15 is 0 Å². The lowest BCUT2D eigenvalue weighted by molar-refractivity contribution is -0.115. The summed E-state index contributed by atoms with van der Waals surface area (Å²) in [6, 6.07) is 13.8. The molecule has 0 aromatic heterocycles. The molecule has 2 aromatic carbocycles. The van der Waals surface area contributed by atoms with E-state index in [1.165, 1.54) is 17.3 Å². The highest BCUT2D eigenvalue weighted by Gasteiger charge is 2.24. The van der Waals surface area contributed by atoms with Crippen molar-refractivity contribution >= 4 is 34.6 Å². The van der Waals surface area contributed by atoms with Gasteiger partial charge >= 0.3 is 0 Å². The van der Waals surface area contributed by atoms with Crippen molar-refractivity contribution in [2.45, 2.75) is 27.7 Å². The molecule has 1 heterocycles. The average Bonchev–Trinajstić information content (AvgIpc) is 2.96. The summed E-state index contributed by atoms with van der Waals surface area (Å²) >= 11 is 1.35. The molecule has 0 unspecified atom stereocenters. The van der Waals surface area contributed by atoms with Crippen molar-refractivity contribution in [3.8, 4) is 5.75 Å². The minimum atomic E-state index is -0.137. The molecule has 0 radical (unpaired) electrons. The van der Waals surface area contributed by atoms with Crippen LogP contribution < -0.4 is 10.1 Å². The fourth-order valence-electron chi connectivity index (χ4n) is 2.65. The van der Waals surface area contributed by atoms with Crippen molar-refractivity contribution < 1.29 is 9.53 Å². The first-order valence-electron chi connectivity index (χ1n) is 9.01. The third kappa shape index (κ3) is 5.01. The highest BCUT2D eigenvalue weighted by atomic mass is 32.2. The second kappa shape index (κ2) is 8.44. The van der Waals surface area contributed by atoms with Gasteiger partial charge in [-0.15, -0.1) is 0 Å². The van der Waals surface area contributed by atoms with E-state index in [2.05, 4.69) is 37.1 Å². The van der Waals surface area contributed by atoms with Gasteiger partial charge in [0.2, 0.25) is 0 Å². The number of para-hydroxylation sites is 1. The van der Waals surface area contributed by atoms with Gasteiger partial charge in [-0.05, 0) is 55.3 Å². The Morgan fingerprint density at radius 3 is 2.70 bits per heavy atom. The van der Waals surface area contributed by atoms with Gasteiger partial charge < -0.3 is 10.1 Å². The molecular weight excluding hydrogens is 356 g/mol. The summed E-state index contributed by atoms with van der Waals surface area (Å²) in [5.74, 6) is 1.08. The first kappa shape index (κ1) is 19.2. The van der Waals surface area contributed by atoms with E-state index in [1.54, 1.807) is 0 Å². The van der Waals surface area contributed by atoms with Crippen molar-refractivity contribution in [1.82, 2.24) is 5.32 Å². The summed E-state index contributed by atoms with van der Waals surface area (Å²) in [6.07, 6.45) is 1.86. The Labute approximate surface area is 164 Å². The number of rotatable bonds is 5. The maximum Gasteiger partial charge on any atom is 0.264 e. The minimum absolute atomic E-state index is 0.137. The number of aryl methyl sites for hydroxylation is 2. The van der Waals surface area contributed by atoms with Crippen LogP contribution in [-0.2, 0) is 4.79 Å². The number of hydrogen-bond donors (Lipinski definition) is 1. The maximum atomic E-state index is 12.4. The smallest absolute Gasteiger partial charge is 0.264 e. The summed E-state index contributed by atoms with van der Waals surface area (Å²) in [5.41, 5.74) is 4.04. The van der Waals surface area contributed by atoms with Crippen molar-refractivity contribution in [2.24, 2.45) is 10.9 Å². The molecule has 0 saturated carbocycles. The van der Waals surface area contributed by atoms with Gasteiger partial charge in [-0.1, -0.05) is 49.7 Å². The summed E-state index contributed by atoms with van der Waals surface area (Å²) in [5, 5.41) is 3.45. The number of carbonyl (C=O) groups excluding carboxylic acids is 1. The SMILES string of the molecule is Cc1ccc(N=C2NC(=O)/C(=C/c3ccccc3OCC(C)C)S2)c(C)c1. The molecular formula is C22H24N2O2S. The van der Waals surface area contributed by atoms with Crippen LogP contribution in [0, 0.1) is 19.8 Å². The van der Waals surface area contributed by atoms with Crippen molar-refractivity contribution in [1.29, 1.82) is 0 Å². The van der Waals surface area contributed by atoms with Gasteiger partial charge in [0.25, 0.3) is 5.91 Å². The Kier molecular flexibility index (Phi) is 6.01. The Bertz CT molecular complexity index is 916. The van der Waals surface area contributed by atoms with E-state index < -0.39 is 0 Å². The van der Waals surface area contributed by atoms with Crippen LogP contribution in [0.25, 0.3) is 6.08 Å². The molecule has 1 amide bonds. The van der Waals surface area contributed by atoms with Gasteiger partial charge in [-0.25, -0.2) is 4.99 Å². The molecule has 0 atom stereocenters. The van der Waals surface area contributed by atoms with Gasteiger partial charge in [-0.3, -0.25) is 4.79 Å². The lowest BCUT2D eigenvalue weighted by Gasteiger charge is -2.11. The van der Waals surface area contributed by atoms with Crippen LogP contribution in [0.3, 0.4) is 0 Å². The fraction of sp³-hybridized carbons (Fsp3) is 0.273. The van der Waals surface area contributed by atoms with Gasteiger partial charge in [0, 0.05) is 5.56 Å². The van der Waals surface area contributed by atoms with Gasteiger partial charge in [-0.2, -0.15) is 0 Å². The number of nitrogens with one attached hydrogen (secondary N) is 1. The monoisotopic (exact) mass is 380 g/mol. The molecule has 5 heteroatoms. The molecule has 1 N–H and O–H groups in total. The molecule has 1 aliphatic heterocycles. The molecule has 0 bridgehead atoms. The molecule has 140 valence electrons. The predicted octanol–water partition coefficient (Wildman–Crippen LogP) is 5.23. The zero-order chi connectivity index (χ0) is 19.4. The van der Waals surface area contributed by atoms with Crippen LogP contribution in [0.2, 0.25) is 0 Å². The zero-order valence-corrected chi connectivity index (χ0v) is 16.9. The van der Waals surface area contributed by atoms with Crippen LogP contribution in [0.5, 0.6) is 5.75 Å². The number of amidine groups is 1. The fourth-order valence-corrected chi connectivity index (χ4v) is 3.48. The van der Waals surface area contributed by atoms with Crippen molar-refractivity contribution in [3.05, 3.63) is 64.1 Å². The number of thioether (sulfide) groups is 1. The van der Waals surface area contributed by atoms with E-state index in [1.807, 2.05) is 49.4 Å². The first-order valence-corrected chi connectivity index (χ1v) is 9.82. The molecule has 3 rings (SSSR count). The van der Waals surface area contributed by atoms with Gasteiger partial charge in [0.1, 0.15) is 5.75 Å². The molecule has 4 nitrogen and oxygen atoms in total. The standard InChI is InChI=1S/C22H24N2O2S/c1-14(2)13-26-19-8-6-5-7-17(19)12-20-21(25)24-22(27-20)23-18-10-9-15(3)11-16(18)4/h5-12,14H,13H2,1-4H3,(H,23,24,25)/b20-12-. The molecule has 1 fully saturated rings. The number of benzene rings is 2. The third-order valence-corrected chi connectivity index (χ3v) is 4.91. The first-order chi connectivity index (χ1) is 12.9. The van der Waals surface area contributed by atoms with Gasteiger partial charge in [0.05, 0.1) is 17.2 Å². The van der Waals surface area contributed by atoms with Gasteiger partial charge in [0.15, 0.2) is 5.17 Å². The molecule has 2 aromatic rings. The van der Waals surface area contributed by atoms with E-state index in [9.17, 15) is 4.79 Å². The maximum absolute atomic E-state index is 12.4. The van der Waals surface area contributed by atoms with Crippen molar-refractivity contribution in [3.63, 3.8) is 0 Å². The van der Waals surface area contributed by atoms with E-state index in [0.717, 1.165) is 22.6 Å². The van der Waals surface area contributed by atoms with E-state index in [-0.39, 0.29) is 5.91 Å². The number of nitrogens with zero attached hydrogens (tertiary/aromatic N) is 1. The highest BCUT2D eigenvalue weighted by Crippen LogP contribution is 2.31. The highest BCUT2D eigenvalue weighted by molar-refractivity contribution is 8.18. The Morgan fingerprint density at radius 1 is 1.19 bits per heavy atom. The molecule has 0 aliphatic carbocycles. The summed E-state index contributed by atoms with van der Waals surface area (Å²) in [6.45, 7) is 8.93. The third-order valence-electron chi connectivity index (χ3n) is 4.00. The van der Waals surface area contributed by atoms with Crippen molar-refractivity contribution in [2.75, 3.05) is 6.61 Å². The second-order valence-electron chi connectivity index (χ2n) is 7.01.